The number of nitriles is 2. The molecule has 1 saturated carbocycles. The third kappa shape index (κ3) is 5.09. The molecule has 2 rings (SSSR count). The molecule has 0 aromatic heterocycles. The Labute approximate surface area is 137 Å². The van der Waals surface area contributed by atoms with Gasteiger partial charge >= 0.3 is 0 Å². The Morgan fingerprint density at radius 1 is 1.17 bits per heavy atom. The molecule has 1 fully saturated rings. The molecule has 1 aliphatic carbocycles. The minimum absolute atomic E-state index is 0.131. The molecule has 5 heteroatoms. The van der Waals surface area contributed by atoms with Crippen LogP contribution in [0.5, 0.6) is 0 Å². The van der Waals surface area contributed by atoms with Crippen molar-refractivity contribution < 1.29 is 4.79 Å². The zero-order valence-corrected chi connectivity index (χ0v) is 13.3. The lowest BCUT2D eigenvalue weighted by Gasteiger charge is -2.32. The van der Waals surface area contributed by atoms with Gasteiger partial charge in [-0.2, -0.15) is 10.5 Å². The minimum Gasteiger partial charge on any atom is -0.337 e. The summed E-state index contributed by atoms with van der Waals surface area (Å²) >= 11 is 0. The zero-order chi connectivity index (χ0) is 16.5. The highest BCUT2D eigenvalue weighted by molar-refractivity contribution is 5.79. The highest BCUT2D eigenvalue weighted by Crippen LogP contribution is 2.27. The molecule has 1 aliphatic rings. The molecule has 0 heterocycles. The van der Waals surface area contributed by atoms with Gasteiger partial charge in [-0.25, -0.2) is 0 Å². The van der Waals surface area contributed by atoms with E-state index in [2.05, 4.69) is 17.5 Å². The Morgan fingerprint density at radius 3 is 2.48 bits per heavy atom. The molecule has 0 unspecified atom stereocenters. The van der Waals surface area contributed by atoms with Gasteiger partial charge in [0.2, 0.25) is 5.91 Å². The molecule has 5 nitrogen and oxygen atoms in total. The van der Waals surface area contributed by atoms with Crippen molar-refractivity contribution in [1.82, 2.24) is 10.2 Å². The van der Waals surface area contributed by atoms with Crippen molar-refractivity contribution in [2.45, 2.75) is 44.2 Å². The summed E-state index contributed by atoms with van der Waals surface area (Å²) in [5.74, 6) is -0.181. The predicted molar refractivity (Wildman–Crippen MR) is 86.9 cm³/mol. The van der Waals surface area contributed by atoms with Crippen LogP contribution < -0.4 is 5.32 Å². The maximum atomic E-state index is 12.3. The molecular formula is C18H22N4O. The first kappa shape index (κ1) is 17.0. The summed E-state index contributed by atoms with van der Waals surface area (Å²) in [6.45, 7) is 0.856. The standard InChI is InChI=1S/C18H22N4O/c19-11-12-22(13-16-7-3-1-4-8-16)14-17(23)21-18(15-20)9-5-2-6-10-18/h1,3-4,7-8H,2,5-6,9-10,12-14H2,(H,21,23). The quantitative estimate of drug-likeness (QED) is 0.818. The lowest BCUT2D eigenvalue weighted by atomic mass is 9.83. The van der Waals surface area contributed by atoms with Crippen LogP contribution in [-0.2, 0) is 11.3 Å². The molecule has 1 amide bonds. The van der Waals surface area contributed by atoms with Crippen LogP contribution in [0, 0.1) is 22.7 Å². The average Bonchev–Trinajstić information content (AvgIpc) is 2.56. The van der Waals surface area contributed by atoms with Gasteiger partial charge < -0.3 is 5.32 Å². The maximum absolute atomic E-state index is 12.3. The van der Waals surface area contributed by atoms with E-state index in [4.69, 9.17) is 5.26 Å². The van der Waals surface area contributed by atoms with Gasteiger partial charge in [0.15, 0.2) is 0 Å². The van der Waals surface area contributed by atoms with E-state index in [1.54, 1.807) is 4.90 Å². The van der Waals surface area contributed by atoms with E-state index in [0.717, 1.165) is 24.8 Å². The summed E-state index contributed by atoms with van der Waals surface area (Å²) in [4.78, 5) is 14.1. The summed E-state index contributed by atoms with van der Waals surface area (Å²) < 4.78 is 0. The SMILES string of the molecule is N#CCN(CC(=O)NC1(C#N)CCCCC1)Cc1ccccc1. The van der Waals surface area contributed by atoms with Gasteiger partial charge in [0, 0.05) is 6.54 Å². The maximum Gasteiger partial charge on any atom is 0.235 e. The summed E-state index contributed by atoms with van der Waals surface area (Å²) in [7, 11) is 0. The summed E-state index contributed by atoms with van der Waals surface area (Å²) in [5, 5.41) is 21.3. The third-order valence-corrected chi connectivity index (χ3v) is 4.21. The number of carbonyl (C=O) groups is 1. The Kier molecular flexibility index (Phi) is 6.14. The molecule has 0 bridgehead atoms. The van der Waals surface area contributed by atoms with Crippen LogP contribution >= 0.6 is 0 Å². The first-order valence-electron chi connectivity index (χ1n) is 8.03. The van der Waals surface area contributed by atoms with Gasteiger partial charge in [0.25, 0.3) is 0 Å². The smallest absolute Gasteiger partial charge is 0.235 e. The third-order valence-electron chi connectivity index (χ3n) is 4.21. The van der Waals surface area contributed by atoms with E-state index >= 15 is 0 Å². The second-order valence-electron chi connectivity index (χ2n) is 6.09. The Morgan fingerprint density at radius 2 is 1.87 bits per heavy atom. The van der Waals surface area contributed by atoms with E-state index in [-0.39, 0.29) is 19.0 Å². The highest BCUT2D eigenvalue weighted by Gasteiger charge is 2.33. The predicted octanol–water partition coefficient (Wildman–Crippen LogP) is 2.35. The van der Waals surface area contributed by atoms with E-state index in [1.807, 2.05) is 30.3 Å². The van der Waals surface area contributed by atoms with E-state index < -0.39 is 5.54 Å². The fourth-order valence-corrected chi connectivity index (χ4v) is 3.04. The Bertz CT molecular complexity index is 594. The van der Waals surface area contributed by atoms with Gasteiger partial charge in [0.05, 0.1) is 25.2 Å². The summed E-state index contributed by atoms with van der Waals surface area (Å²) in [5.41, 5.74) is 0.337. The molecule has 0 aliphatic heterocycles. The van der Waals surface area contributed by atoms with Crippen LogP contribution in [-0.4, -0.2) is 29.4 Å². The number of nitrogens with zero attached hydrogens (tertiary/aromatic N) is 3. The van der Waals surface area contributed by atoms with Crippen molar-refractivity contribution in [3.8, 4) is 12.1 Å². The highest BCUT2D eigenvalue weighted by atomic mass is 16.2. The van der Waals surface area contributed by atoms with Crippen molar-refractivity contribution >= 4 is 5.91 Å². The van der Waals surface area contributed by atoms with Gasteiger partial charge in [-0.3, -0.25) is 9.69 Å². The number of benzene rings is 1. The fraction of sp³-hybridized carbons (Fsp3) is 0.500. The van der Waals surface area contributed by atoms with E-state index in [0.29, 0.717) is 19.4 Å². The minimum atomic E-state index is -0.722. The number of hydrogen-bond acceptors (Lipinski definition) is 4. The lowest BCUT2D eigenvalue weighted by molar-refractivity contribution is -0.123. The van der Waals surface area contributed by atoms with Crippen LogP contribution in [0.25, 0.3) is 0 Å². The molecule has 0 radical (unpaired) electrons. The second-order valence-corrected chi connectivity index (χ2v) is 6.09. The van der Waals surface area contributed by atoms with Gasteiger partial charge in [-0.1, -0.05) is 49.6 Å². The molecule has 1 N–H and O–H groups in total. The van der Waals surface area contributed by atoms with E-state index in [1.165, 1.54) is 0 Å². The number of hydrogen-bond donors (Lipinski definition) is 1. The fourth-order valence-electron chi connectivity index (χ4n) is 3.04. The molecule has 0 saturated heterocycles. The lowest BCUT2D eigenvalue weighted by Crippen LogP contribution is -2.51. The Balaban J connectivity index is 1.95. The topological polar surface area (TPSA) is 79.9 Å². The molecule has 0 spiro atoms. The van der Waals surface area contributed by atoms with Crippen molar-refractivity contribution in [3.05, 3.63) is 35.9 Å². The number of nitrogens with one attached hydrogen (secondary N) is 1. The van der Waals surface area contributed by atoms with Gasteiger partial charge in [-0.05, 0) is 18.4 Å². The van der Waals surface area contributed by atoms with Gasteiger partial charge in [-0.15, -0.1) is 0 Å². The number of carbonyl (C=O) groups excluding carboxylic acids is 1. The van der Waals surface area contributed by atoms with Crippen LogP contribution in [0.2, 0.25) is 0 Å². The van der Waals surface area contributed by atoms with Crippen molar-refractivity contribution in [3.63, 3.8) is 0 Å². The molecule has 1 aromatic carbocycles. The monoisotopic (exact) mass is 310 g/mol. The summed E-state index contributed by atoms with van der Waals surface area (Å²) in [6, 6.07) is 14.1. The first-order chi connectivity index (χ1) is 11.2. The largest absolute Gasteiger partial charge is 0.337 e. The average molecular weight is 310 g/mol. The van der Waals surface area contributed by atoms with Crippen LogP contribution in [0.15, 0.2) is 30.3 Å². The first-order valence-corrected chi connectivity index (χ1v) is 8.03. The normalized spacial score (nSPS) is 16.3. The second kappa shape index (κ2) is 8.31. The zero-order valence-electron chi connectivity index (χ0n) is 13.3. The molecule has 23 heavy (non-hydrogen) atoms. The summed E-state index contributed by atoms with van der Waals surface area (Å²) in [6.07, 6.45) is 4.49. The molecule has 120 valence electrons. The van der Waals surface area contributed by atoms with E-state index in [9.17, 15) is 10.1 Å². The van der Waals surface area contributed by atoms with Crippen molar-refractivity contribution in [2.24, 2.45) is 0 Å². The van der Waals surface area contributed by atoms with Gasteiger partial charge in [0.1, 0.15) is 5.54 Å². The molecular weight excluding hydrogens is 288 g/mol. The Hall–Kier alpha value is -2.37. The van der Waals surface area contributed by atoms with Crippen molar-refractivity contribution in [1.29, 1.82) is 10.5 Å². The molecule has 0 atom stereocenters. The van der Waals surface area contributed by atoms with Crippen LogP contribution in [0.4, 0.5) is 0 Å². The molecule has 1 aromatic rings. The number of amides is 1. The van der Waals surface area contributed by atoms with Crippen molar-refractivity contribution in [2.75, 3.05) is 13.1 Å². The van der Waals surface area contributed by atoms with Crippen LogP contribution in [0.3, 0.4) is 0 Å². The van der Waals surface area contributed by atoms with Crippen LogP contribution in [0.1, 0.15) is 37.7 Å². The number of rotatable bonds is 6.